The van der Waals surface area contributed by atoms with Crippen LogP contribution < -0.4 is 5.73 Å². The van der Waals surface area contributed by atoms with Crippen LogP contribution in [0.1, 0.15) is 15.9 Å². The Kier molecular flexibility index (Phi) is 2.60. The van der Waals surface area contributed by atoms with Gasteiger partial charge in [-0.25, -0.2) is 0 Å². The normalized spacial score (nSPS) is 10.2. The molecule has 0 aliphatic rings. The number of hydrogen-bond donors (Lipinski definition) is 1. The molecule has 0 spiro atoms. The molecule has 2 N–H and O–H groups in total. The Bertz CT molecular complexity index is 491. The first-order chi connectivity index (χ1) is 7.18. The largest absolute Gasteiger partial charge is 0.472 e. The number of hydrogen-bond acceptors (Lipinski definition) is 3. The first-order valence-corrected chi connectivity index (χ1v) is 5.09. The Labute approximate surface area is 95.0 Å². The van der Waals surface area contributed by atoms with Crippen molar-refractivity contribution in [2.24, 2.45) is 0 Å². The van der Waals surface area contributed by atoms with Crippen LogP contribution in [0, 0.1) is 0 Å². The molecular weight excluding hydrogens is 258 g/mol. The van der Waals surface area contributed by atoms with Gasteiger partial charge in [-0.05, 0) is 40.2 Å². The third-order valence-corrected chi connectivity index (χ3v) is 2.73. The molecule has 76 valence electrons. The molecule has 2 aromatic rings. The molecule has 0 fully saturated rings. The Morgan fingerprint density at radius 2 is 2.07 bits per heavy atom. The topological polar surface area (TPSA) is 56.2 Å². The van der Waals surface area contributed by atoms with Crippen LogP contribution in [0.4, 0.5) is 5.69 Å². The van der Waals surface area contributed by atoms with Crippen molar-refractivity contribution in [2.45, 2.75) is 0 Å². The fraction of sp³-hybridized carbons (Fsp3) is 0. The maximum Gasteiger partial charge on any atom is 0.196 e. The van der Waals surface area contributed by atoms with Crippen LogP contribution in [0.5, 0.6) is 0 Å². The monoisotopic (exact) mass is 265 g/mol. The molecule has 0 aliphatic carbocycles. The minimum atomic E-state index is -0.0792. The summed E-state index contributed by atoms with van der Waals surface area (Å²) in [5.41, 5.74) is 7.36. The highest BCUT2D eigenvalue weighted by molar-refractivity contribution is 9.10. The van der Waals surface area contributed by atoms with Gasteiger partial charge in [-0.2, -0.15) is 0 Å². The lowest BCUT2D eigenvalue weighted by Gasteiger charge is -2.01. The van der Waals surface area contributed by atoms with Gasteiger partial charge in [0.15, 0.2) is 5.78 Å². The summed E-state index contributed by atoms with van der Waals surface area (Å²) in [5, 5.41) is 0. The molecule has 1 heterocycles. The highest BCUT2D eigenvalue weighted by atomic mass is 79.9. The Hall–Kier alpha value is -1.55. The van der Waals surface area contributed by atoms with Crippen LogP contribution in [-0.4, -0.2) is 5.78 Å². The van der Waals surface area contributed by atoms with E-state index >= 15 is 0 Å². The van der Waals surface area contributed by atoms with E-state index in [-0.39, 0.29) is 5.78 Å². The van der Waals surface area contributed by atoms with E-state index in [1.807, 2.05) is 0 Å². The highest BCUT2D eigenvalue weighted by Gasteiger charge is 2.10. The van der Waals surface area contributed by atoms with Crippen molar-refractivity contribution in [3.63, 3.8) is 0 Å². The van der Waals surface area contributed by atoms with Crippen molar-refractivity contribution >= 4 is 27.4 Å². The predicted molar refractivity (Wildman–Crippen MR) is 60.7 cm³/mol. The van der Waals surface area contributed by atoms with E-state index in [2.05, 4.69) is 15.9 Å². The third kappa shape index (κ3) is 1.94. The second-order valence-electron chi connectivity index (χ2n) is 3.08. The second kappa shape index (κ2) is 3.90. The number of benzene rings is 1. The molecule has 3 nitrogen and oxygen atoms in total. The van der Waals surface area contributed by atoms with Gasteiger partial charge in [0.25, 0.3) is 0 Å². The number of rotatable bonds is 2. The van der Waals surface area contributed by atoms with Crippen molar-refractivity contribution in [1.82, 2.24) is 0 Å². The van der Waals surface area contributed by atoms with Gasteiger partial charge in [-0.3, -0.25) is 4.79 Å². The number of nitrogen functional groups attached to an aromatic ring is 1. The number of carbonyl (C=O) groups excluding carboxylic acids is 1. The quantitative estimate of drug-likeness (QED) is 0.671. The zero-order chi connectivity index (χ0) is 10.8. The summed E-state index contributed by atoms with van der Waals surface area (Å²) in [5.74, 6) is -0.0792. The molecule has 1 aromatic heterocycles. The number of furan rings is 1. The van der Waals surface area contributed by atoms with E-state index in [0.29, 0.717) is 16.8 Å². The second-order valence-corrected chi connectivity index (χ2v) is 3.93. The Morgan fingerprint density at radius 1 is 1.27 bits per heavy atom. The summed E-state index contributed by atoms with van der Waals surface area (Å²) in [4.78, 5) is 11.8. The lowest BCUT2D eigenvalue weighted by molar-refractivity contribution is 0.103. The smallest absolute Gasteiger partial charge is 0.196 e. The molecule has 0 bridgehead atoms. The number of ketones is 1. The van der Waals surface area contributed by atoms with E-state index < -0.39 is 0 Å². The SMILES string of the molecule is Nc1ccc(C(=O)c2ccoc2)cc1Br. The van der Waals surface area contributed by atoms with Crippen molar-refractivity contribution in [3.05, 3.63) is 52.4 Å². The average Bonchev–Trinajstić information content (AvgIpc) is 2.74. The van der Waals surface area contributed by atoms with Gasteiger partial charge in [-0.15, -0.1) is 0 Å². The Balaban J connectivity index is 2.39. The maximum absolute atomic E-state index is 11.8. The van der Waals surface area contributed by atoms with Crippen molar-refractivity contribution in [3.8, 4) is 0 Å². The molecule has 0 saturated heterocycles. The molecular formula is C11H8BrNO2. The van der Waals surface area contributed by atoms with Crippen LogP contribution in [0.2, 0.25) is 0 Å². The summed E-state index contributed by atoms with van der Waals surface area (Å²) in [6.45, 7) is 0. The molecule has 4 heteroatoms. The van der Waals surface area contributed by atoms with E-state index in [1.54, 1.807) is 24.3 Å². The van der Waals surface area contributed by atoms with Gasteiger partial charge < -0.3 is 10.2 Å². The van der Waals surface area contributed by atoms with Crippen LogP contribution in [-0.2, 0) is 0 Å². The van der Waals surface area contributed by atoms with Gasteiger partial charge in [0.2, 0.25) is 0 Å². The number of anilines is 1. The standard InChI is InChI=1S/C11H8BrNO2/c12-9-5-7(1-2-10(9)13)11(14)8-3-4-15-6-8/h1-6H,13H2. The summed E-state index contributed by atoms with van der Waals surface area (Å²) in [7, 11) is 0. The van der Waals surface area contributed by atoms with Gasteiger partial charge in [0, 0.05) is 15.7 Å². The van der Waals surface area contributed by atoms with Gasteiger partial charge >= 0.3 is 0 Å². The lowest BCUT2D eigenvalue weighted by atomic mass is 10.1. The van der Waals surface area contributed by atoms with Gasteiger partial charge in [-0.1, -0.05) is 0 Å². The van der Waals surface area contributed by atoms with E-state index in [4.69, 9.17) is 10.2 Å². The number of carbonyl (C=O) groups is 1. The fourth-order valence-electron chi connectivity index (χ4n) is 1.23. The summed E-state index contributed by atoms with van der Waals surface area (Å²) < 4.78 is 5.57. The van der Waals surface area contributed by atoms with E-state index in [1.165, 1.54) is 12.5 Å². The molecule has 0 unspecified atom stereocenters. The minimum Gasteiger partial charge on any atom is -0.472 e. The molecule has 0 saturated carbocycles. The third-order valence-electron chi connectivity index (χ3n) is 2.05. The van der Waals surface area contributed by atoms with E-state index in [0.717, 1.165) is 4.47 Å². The van der Waals surface area contributed by atoms with Crippen LogP contribution in [0.15, 0.2) is 45.7 Å². The zero-order valence-corrected chi connectivity index (χ0v) is 9.32. The van der Waals surface area contributed by atoms with Crippen LogP contribution in [0.25, 0.3) is 0 Å². The van der Waals surface area contributed by atoms with Gasteiger partial charge in [0.1, 0.15) is 6.26 Å². The van der Waals surface area contributed by atoms with Crippen LogP contribution in [0.3, 0.4) is 0 Å². The molecule has 0 radical (unpaired) electrons. The summed E-state index contributed by atoms with van der Waals surface area (Å²) in [6.07, 6.45) is 2.90. The average molecular weight is 266 g/mol. The predicted octanol–water partition coefficient (Wildman–Crippen LogP) is 2.86. The maximum atomic E-state index is 11.8. The molecule has 1 aromatic carbocycles. The van der Waals surface area contributed by atoms with Crippen molar-refractivity contribution in [2.75, 3.05) is 5.73 Å². The van der Waals surface area contributed by atoms with Crippen LogP contribution >= 0.6 is 15.9 Å². The highest BCUT2D eigenvalue weighted by Crippen LogP contribution is 2.22. The molecule has 2 rings (SSSR count). The number of nitrogens with two attached hydrogens (primary N) is 1. The first kappa shape index (κ1) is 9.98. The molecule has 0 aliphatic heterocycles. The Morgan fingerprint density at radius 3 is 2.67 bits per heavy atom. The zero-order valence-electron chi connectivity index (χ0n) is 7.74. The summed E-state index contributed by atoms with van der Waals surface area (Å²) in [6, 6.07) is 6.71. The lowest BCUT2D eigenvalue weighted by Crippen LogP contribution is -2.00. The molecule has 15 heavy (non-hydrogen) atoms. The van der Waals surface area contributed by atoms with Gasteiger partial charge in [0.05, 0.1) is 11.8 Å². The number of halogens is 1. The molecule has 0 amide bonds. The van der Waals surface area contributed by atoms with Crippen molar-refractivity contribution in [1.29, 1.82) is 0 Å². The molecule has 0 atom stereocenters. The van der Waals surface area contributed by atoms with Crippen molar-refractivity contribution < 1.29 is 9.21 Å². The fourth-order valence-corrected chi connectivity index (χ4v) is 1.61. The summed E-state index contributed by atoms with van der Waals surface area (Å²) >= 11 is 3.28. The van der Waals surface area contributed by atoms with E-state index in [9.17, 15) is 4.79 Å². The first-order valence-electron chi connectivity index (χ1n) is 4.30. The minimum absolute atomic E-state index is 0.0792.